The first kappa shape index (κ1) is 15.1. The summed E-state index contributed by atoms with van der Waals surface area (Å²) < 4.78 is 0. The van der Waals surface area contributed by atoms with Crippen LogP contribution in [0.2, 0.25) is 0 Å². The number of benzene rings is 1. The van der Waals surface area contributed by atoms with Gasteiger partial charge in [-0.25, -0.2) is 4.79 Å². The fourth-order valence-corrected chi connectivity index (χ4v) is 4.15. The molecule has 0 radical (unpaired) electrons. The topological polar surface area (TPSA) is 70.4 Å². The maximum Gasteiger partial charge on any atom is 0.337 e. The molecule has 0 fully saturated rings. The fraction of sp³-hybridized carbons (Fsp3) is 0.294. The normalized spacial score (nSPS) is 19.5. The molecule has 1 unspecified atom stereocenters. The number of pyridine rings is 1. The van der Waals surface area contributed by atoms with Crippen LogP contribution in [-0.2, 0) is 5.41 Å². The van der Waals surface area contributed by atoms with Crippen LogP contribution in [0.5, 0.6) is 0 Å². The second-order valence-electron chi connectivity index (χ2n) is 6.11. The first-order valence-corrected chi connectivity index (χ1v) is 7.94. The molecule has 0 saturated carbocycles. The van der Waals surface area contributed by atoms with Crippen LogP contribution in [-0.4, -0.2) is 26.6 Å². The molecule has 3 rings (SSSR count). The van der Waals surface area contributed by atoms with E-state index in [1.54, 1.807) is 12.1 Å². The van der Waals surface area contributed by atoms with Gasteiger partial charge in [-0.1, -0.05) is 31.7 Å². The highest BCUT2D eigenvalue weighted by Crippen LogP contribution is 2.45. The molecule has 1 aromatic heterocycles. The Bertz CT molecular complexity index is 725. The summed E-state index contributed by atoms with van der Waals surface area (Å²) in [7, 11) is 0. The summed E-state index contributed by atoms with van der Waals surface area (Å²) in [4.78, 5) is 16.2. The standard InChI is InChI=1S/C17H17NO3S/c1-17(2)8-15(19)22-14-6-4-10(7-12(14)17)13-5-3-11(9-18-13)16(20)21/h3-7,9,15,19H,8H2,1-2H3,(H,20,21). The zero-order valence-electron chi connectivity index (χ0n) is 12.4. The van der Waals surface area contributed by atoms with E-state index in [1.807, 2.05) is 12.1 Å². The Morgan fingerprint density at radius 1 is 1.32 bits per heavy atom. The third-order valence-corrected chi connectivity index (χ3v) is 5.01. The molecule has 1 aromatic carbocycles. The zero-order valence-corrected chi connectivity index (χ0v) is 13.2. The van der Waals surface area contributed by atoms with Crippen LogP contribution in [0.15, 0.2) is 41.4 Å². The van der Waals surface area contributed by atoms with Gasteiger partial charge in [-0.2, -0.15) is 0 Å². The number of aromatic carboxylic acids is 1. The summed E-state index contributed by atoms with van der Waals surface area (Å²) in [6.07, 6.45) is 2.08. The van der Waals surface area contributed by atoms with Gasteiger partial charge >= 0.3 is 5.97 Å². The van der Waals surface area contributed by atoms with Crippen molar-refractivity contribution in [2.75, 3.05) is 0 Å². The number of thioether (sulfide) groups is 1. The van der Waals surface area contributed by atoms with Crippen LogP contribution in [0.4, 0.5) is 0 Å². The molecule has 0 spiro atoms. The van der Waals surface area contributed by atoms with E-state index in [4.69, 9.17) is 5.11 Å². The first-order valence-electron chi connectivity index (χ1n) is 7.06. The number of aliphatic hydroxyl groups excluding tert-OH is 1. The van der Waals surface area contributed by atoms with E-state index in [2.05, 4.69) is 24.9 Å². The minimum absolute atomic E-state index is 0.100. The maximum atomic E-state index is 10.9. The lowest BCUT2D eigenvalue weighted by Crippen LogP contribution is -2.27. The number of aliphatic hydroxyl groups is 1. The van der Waals surface area contributed by atoms with Crippen LogP contribution in [0.25, 0.3) is 11.3 Å². The average Bonchev–Trinajstić information content (AvgIpc) is 2.46. The molecular formula is C17H17NO3S. The SMILES string of the molecule is CC1(C)CC(O)Sc2ccc(-c3ccc(C(=O)O)cn3)cc21. The van der Waals surface area contributed by atoms with Crippen molar-refractivity contribution in [1.29, 1.82) is 0 Å². The number of aromatic nitrogens is 1. The van der Waals surface area contributed by atoms with E-state index >= 15 is 0 Å². The maximum absolute atomic E-state index is 10.9. The number of carbonyl (C=O) groups is 1. The molecule has 0 aliphatic carbocycles. The molecule has 5 heteroatoms. The van der Waals surface area contributed by atoms with Crippen molar-refractivity contribution >= 4 is 17.7 Å². The number of nitrogens with zero attached hydrogens (tertiary/aromatic N) is 1. The van der Waals surface area contributed by atoms with Crippen LogP contribution >= 0.6 is 11.8 Å². The van der Waals surface area contributed by atoms with Gasteiger partial charge in [0.25, 0.3) is 0 Å². The molecule has 1 atom stereocenters. The van der Waals surface area contributed by atoms with E-state index in [0.29, 0.717) is 6.42 Å². The molecule has 114 valence electrons. The Morgan fingerprint density at radius 3 is 2.73 bits per heavy atom. The smallest absolute Gasteiger partial charge is 0.337 e. The minimum atomic E-state index is -0.976. The van der Waals surface area contributed by atoms with Crippen LogP contribution < -0.4 is 0 Å². The van der Waals surface area contributed by atoms with E-state index in [1.165, 1.54) is 23.5 Å². The third kappa shape index (κ3) is 2.74. The van der Waals surface area contributed by atoms with Gasteiger partial charge in [-0.15, -0.1) is 0 Å². The van der Waals surface area contributed by atoms with E-state index in [0.717, 1.165) is 16.2 Å². The molecule has 22 heavy (non-hydrogen) atoms. The molecule has 1 aliphatic heterocycles. The van der Waals surface area contributed by atoms with Crippen molar-refractivity contribution in [3.8, 4) is 11.3 Å². The minimum Gasteiger partial charge on any atom is -0.478 e. The highest BCUT2D eigenvalue weighted by molar-refractivity contribution is 7.99. The number of fused-ring (bicyclic) bond motifs is 1. The second kappa shape index (κ2) is 5.41. The Balaban J connectivity index is 2.01. The van der Waals surface area contributed by atoms with Crippen molar-refractivity contribution in [3.63, 3.8) is 0 Å². The number of rotatable bonds is 2. The van der Waals surface area contributed by atoms with E-state index in [-0.39, 0.29) is 16.4 Å². The van der Waals surface area contributed by atoms with Crippen molar-refractivity contribution in [3.05, 3.63) is 47.7 Å². The quantitative estimate of drug-likeness (QED) is 0.887. The zero-order chi connectivity index (χ0) is 15.9. The van der Waals surface area contributed by atoms with E-state index in [9.17, 15) is 9.90 Å². The Kier molecular flexibility index (Phi) is 3.70. The molecule has 0 bridgehead atoms. The second-order valence-corrected chi connectivity index (χ2v) is 7.33. The molecule has 2 aromatic rings. The van der Waals surface area contributed by atoms with Gasteiger partial charge in [0.05, 0.1) is 11.3 Å². The number of carboxylic acid groups (broad SMARTS) is 1. The van der Waals surface area contributed by atoms with Crippen LogP contribution in [0, 0.1) is 0 Å². The number of hydrogen-bond acceptors (Lipinski definition) is 4. The van der Waals surface area contributed by atoms with Gasteiger partial charge < -0.3 is 10.2 Å². The van der Waals surface area contributed by atoms with Gasteiger partial charge in [0.15, 0.2) is 0 Å². The van der Waals surface area contributed by atoms with Gasteiger partial charge in [-0.3, -0.25) is 4.98 Å². The van der Waals surface area contributed by atoms with Crippen molar-refractivity contribution in [2.45, 2.75) is 36.0 Å². The van der Waals surface area contributed by atoms with Crippen molar-refractivity contribution in [2.24, 2.45) is 0 Å². The van der Waals surface area contributed by atoms with E-state index < -0.39 is 5.97 Å². The van der Waals surface area contributed by atoms with Crippen LogP contribution in [0.1, 0.15) is 36.2 Å². The monoisotopic (exact) mass is 315 g/mol. The Morgan fingerprint density at radius 2 is 2.09 bits per heavy atom. The Labute approximate surface area is 133 Å². The average molecular weight is 315 g/mol. The van der Waals surface area contributed by atoms with Gasteiger partial charge in [-0.05, 0) is 41.7 Å². The lowest BCUT2D eigenvalue weighted by atomic mass is 9.80. The number of carboxylic acids is 1. The fourth-order valence-electron chi connectivity index (χ4n) is 2.75. The van der Waals surface area contributed by atoms with Gasteiger partial charge in [0, 0.05) is 16.7 Å². The lowest BCUT2D eigenvalue weighted by molar-refractivity contribution is 0.0696. The molecule has 0 amide bonds. The highest BCUT2D eigenvalue weighted by Gasteiger charge is 2.32. The highest BCUT2D eigenvalue weighted by atomic mass is 32.2. The molecule has 4 nitrogen and oxygen atoms in total. The summed E-state index contributed by atoms with van der Waals surface area (Å²) in [6, 6.07) is 9.35. The van der Waals surface area contributed by atoms with Gasteiger partial charge in [0.2, 0.25) is 0 Å². The molecule has 2 heterocycles. The summed E-state index contributed by atoms with van der Waals surface area (Å²) >= 11 is 1.48. The van der Waals surface area contributed by atoms with Crippen molar-refractivity contribution < 1.29 is 15.0 Å². The molecule has 0 saturated heterocycles. The van der Waals surface area contributed by atoms with Crippen molar-refractivity contribution in [1.82, 2.24) is 4.98 Å². The molecule has 2 N–H and O–H groups in total. The summed E-state index contributed by atoms with van der Waals surface area (Å²) in [6.45, 7) is 4.25. The molecule has 1 aliphatic rings. The summed E-state index contributed by atoms with van der Waals surface area (Å²) in [5.41, 5.74) is 2.61. The largest absolute Gasteiger partial charge is 0.478 e. The lowest BCUT2D eigenvalue weighted by Gasteiger charge is -2.35. The first-order chi connectivity index (χ1) is 10.4. The predicted octanol–water partition coefficient (Wildman–Crippen LogP) is 3.54. The van der Waals surface area contributed by atoms with Gasteiger partial charge in [0.1, 0.15) is 5.44 Å². The van der Waals surface area contributed by atoms with Crippen LogP contribution in [0.3, 0.4) is 0 Å². The Hall–Kier alpha value is -1.85. The number of hydrogen-bond donors (Lipinski definition) is 2. The molecular weight excluding hydrogens is 298 g/mol. The summed E-state index contributed by atoms with van der Waals surface area (Å²) in [5, 5.41) is 18.9. The predicted molar refractivity (Wildman–Crippen MR) is 86.1 cm³/mol. The summed E-state index contributed by atoms with van der Waals surface area (Å²) in [5.74, 6) is -0.976. The third-order valence-electron chi connectivity index (χ3n) is 3.96.